The Hall–Kier alpha value is -2.28. The maximum atomic E-state index is 13.1. The first-order valence-electron chi connectivity index (χ1n) is 8.39. The first-order chi connectivity index (χ1) is 12.1. The minimum Gasteiger partial charge on any atom is -0.326 e. The minimum absolute atomic E-state index is 0.0273. The fraction of sp³-hybridized carbons (Fsp3) is 0.389. The predicted octanol–water partition coefficient (Wildman–Crippen LogP) is 3.70. The van der Waals surface area contributed by atoms with Crippen molar-refractivity contribution in [3.8, 4) is 0 Å². The quantitative estimate of drug-likeness (QED) is 0.883. The van der Waals surface area contributed by atoms with E-state index < -0.39 is 0 Å². The fourth-order valence-electron chi connectivity index (χ4n) is 3.12. The number of nitrogens with one attached hydrogen (secondary N) is 1. The summed E-state index contributed by atoms with van der Waals surface area (Å²) >= 11 is 1.33. The third-order valence-electron chi connectivity index (χ3n) is 4.36. The van der Waals surface area contributed by atoms with Gasteiger partial charge in [-0.2, -0.15) is 0 Å². The number of carbonyl (C=O) groups excluding carboxylic acids is 2. The molecule has 7 heteroatoms. The zero-order valence-electron chi connectivity index (χ0n) is 13.8. The molecule has 0 aliphatic heterocycles. The molecule has 1 saturated carbocycles. The molecule has 1 heterocycles. The van der Waals surface area contributed by atoms with Gasteiger partial charge in [0.1, 0.15) is 12.4 Å². The maximum Gasteiger partial charge on any atom is 0.254 e. The molecule has 0 unspecified atom stereocenters. The molecule has 0 spiro atoms. The van der Waals surface area contributed by atoms with Gasteiger partial charge in [-0.1, -0.05) is 19.3 Å². The van der Waals surface area contributed by atoms with Gasteiger partial charge >= 0.3 is 0 Å². The molecular formula is C18H20FN3O2S. The number of nitrogens with zero attached hydrogens (tertiary/aromatic N) is 2. The topological polar surface area (TPSA) is 62.3 Å². The Balaban J connectivity index is 1.75. The van der Waals surface area contributed by atoms with Crippen molar-refractivity contribution >= 4 is 28.3 Å². The molecule has 1 aliphatic carbocycles. The molecule has 1 aromatic carbocycles. The molecule has 3 rings (SSSR count). The van der Waals surface area contributed by atoms with Crippen LogP contribution in [0.3, 0.4) is 0 Å². The van der Waals surface area contributed by atoms with Crippen molar-refractivity contribution in [2.24, 2.45) is 0 Å². The number of anilines is 1. The standard InChI is InChI=1S/C18H20FN3O2S/c19-14-8-6-13(7-9-14)17(24)22(15-4-2-1-3-5-15)12-16(23)21-18-20-10-11-25-18/h6-11,15H,1-5,12H2,(H,20,21,23). The van der Waals surface area contributed by atoms with E-state index in [-0.39, 0.29) is 30.2 Å². The Morgan fingerprint density at radius 3 is 2.56 bits per heavy atom. The summed E-state index contributed by atoms with van der Waals surface area (Å²) in [6.45, 7) is -0.0273. The van der Waals surface area contributed by atoms with Crippen LogP contribution in [-0.4, -0.2) is 34.3 Å². The summed E-state index contributed by atoms with van der Waals surface area (Å²) in [5.41, 5.74) is 0.397. The van der Waals surface area contributed by atoms with E-state index in [2.05, 4.69) is 10.3 Å². The number of halogens is 1. The molecule has 1 N–H and O–H groups in total. The van der Waals surface area contributed by atoms with Crippen LogP contribution in [0.4, 0.5) is 9.52 Å². The number of hydrogen-bond acceptors (Lipinski definition) is 4. The summed E-state index contributed by atoms with van der Waals surface area (Å²) in [5, 5.41) is 5.01. The minimum atomic E-state index is -0.387. The summed E-state index contributed by atoms with van der Waals surface area (Å²) in [4.78, 5) is 30.9. The molecule has 2 amide bonds. The summed E-state index contributed by atoms with van der Waals surface area (Å²) in [6.07, 6.45) is 6.64. The zero-order chi connectivity index (χ0) is 17.6. The van der Waals surface area contributed by atoms with Crippen LogP contribution < -0.4 is 5.32 Å². The molecule has 25 heavy (non-hydrogen) atoms. The van der Waals surface area contributed by atoms with Crippen LogP contribution in [-0.2, 0) is 4.79 Å². The SMILES string of the molecule is O=C(CN(C(=O)c1ccc(F)cc1)C1CCCCC1)Nc1nccs1. The lowest BCUT2D eigenvalue weighted by atomic mass is 9.93. The second kappa shape index (κ2) is 8.20. The Morgan fingerprint density at radius 2 is 1.92 bits per heavy atom. The van der Waals surface area contributed by atoms with Crippen molar-refractivity contribution in [3.05, 3.63) is 47.2 Å². The van der Waals surface area contributed by atoms with E-state index in [0.717, 1.165) is 32.1 Å². The highest BCUT2D eigenvalue weighted by molar-refractivity contribution is 7.13. The summed E-state index contributed by atoms with van der Waals surface area (Å²) in [5.74, 6) is -0.889. The number of thiazole rings is 1. The summed E-state index contributed by atoms with van der Waals surface area (Å²) in [6, 6.07) is 5.50. The first kappa shape index (κ1) is 17.5. The highest BCUT2D eigenvalue weighted by Gasteiger charge is 2.28. The van der Waals surface area contributed by atoms with E-state index in [9.17, 15) is 14.0 Å². The van der Waals surface area contributed by atoms with Gasteiger partial charge in [-0.25, -0.2) is 9.37 Å². The van der Waals surface area contributed by atoms with Crippen molar-refractivity contribution in [2.45, 2.75) is 38.1 Å². The fourth-order valence-corrected chi connectivity index (χ4v) is 3.66. The average Bonchev–Trinajstić information content (AvgIpc) is 3.13. The molecule has 0 bridgehead atoms. The Bertz CT molecular complexity index is 712. The molecule has 1 aliphatic rings. The monoisotopic (exact) mass is 361 g/mol. The van der Waals surface area contributed by atoms with Crippen LogP contribution in [0.2, 0.25) is 0 Å². The van der Waals surface area contributed by atoms with Crippen molar-refractivity contribution in [1.29, 1.82) is 0 Å². The van der Waals surface area contributed by atoms with Gasteiger partial charge in [0.25, 0.3) is 5.91 Å². The number of rotatable bonds is 5. The summed E-state index contributed by atoms with van der Waals surface area (Å²) in [7, 11) is 0. The number of benzene rings is 1. The molecule has 2 aromatic rings. The van der Waals surface area contributed by atoms with Gasteiger partial charge in [-0.15, -0.1) is 11.3 Å². The van der Waals surface area contributed by atoms with Crippen molar-refractivity contribution < 1.29 is 14.0 Å². The van der Waals surface area contributed by atoms with Gasteiger partial charge in [0.2, 0.25) is 5.91 Å². The molecule has 0 saturated heterocycles. The smallest absolute Gasteiger partial charge is 0.254 e. The second-order valence-corrected chi connectivity index (χ2v) is 7.01. The van der Waals surface area contributed by atoms with Gasteiger partial charge in [-0.3, -0.25) is 9.59 Å². The van der Waals surface area contributed by atoms with Crippen molar-refractivity contribution in [1.82, 2.24) is 9.88 Å². The molecule has 0 radical (unpaired) electrons. The Morgan fingerprint density at radius 1 is 1.20 bits per heavy atom. The van der Waals surface area contributed by atoms with E-state index in [1.54, 1.807) is 16.5 Å². The van der Waals surface area contributed by atoms with E-state index >= 15 is 0 Å². The van der Waals surface area contributed by atoms with Crippen LogP contribution in [0.5, 0.6) is 0 Å². The third kappa shape index (κ3) is 4.63. The first-order valence-corrected chi connectivity index (χ1v) is 9.27. The van der Waals surface area contributed by atoms with Crippen LogP contribution in [0.25, 0.3) is 0 Å². The zero-order valence-corrected chi connectivity index (χ0v) is 14.6. The van der Waals surface area contributed by atoms with E-state index in [4.69, 9.17) is 0 Å². The van der Waals surface area contributed by atoms with Gasteiger partial charge in [0.05, 0.1) is 0 Å². The van der Waals surface area contributed by atoms with Gasteiger partial charge < -0.3 is 10.2 Å². The predicted molar refractivity (Wildman–Crippen MR) is 95.1 cm³/mol. The number of hydrogen-bond donors (Lipinski definition) is 1. The highest BCUT2D eigenvalue weighted by Crippen LogP contribution is 2.24. The van der Waals surface area contributed by atoms with Crippen molar-refractivity contribution in [2.75, 3.05) is 11.9 Å². The molecule has 1 fully saturated rings. The van der Waals surface area contributed by atoms with Gasteiger partial charge in [0, 0.05) is 23.2 Å². The van der Waals surface area contributed by atoms with Gasteiger partial charge in [-0.05, 0) is 37.1 Å². The van der Waals surface area contributed by atoms with Crippen molar-refractivity contribution in [3.63, 3.8) is 0 Å². The van der Waals surface area contributed by atoms with Crippen LogP contribution >= 0.6 is 11.3 Å². The molecular weight excluding hydrogens is 341 g/mol. The number of amides is 2. The normalized spacial score (nSPS) is 14.9. The number of aromatic nitrogens is 1. The average molecular weight is 361 g/mol. The summed E-state index contributed by atoms with van der Waals surface area (Å²) < 4.78 is 13.1. The van der Waals surface area contributed by atoms with Crippen LogP contribution in [0.1, 0.15) is 42.5 Å². The molecule has 1 aromatic heterocycles. The highest BCUT2D eigenvalue weighted by atomic mass is 32.1. The Labute approximate surface area is 149 Å². The second-order valence-electron chi connectivity index (χ2n) is 6.12. The lowest BCUT2D eigenvalue weighted by Gasteiger charge is -2.34. The van der Waals surface area contributed by atoms with Gasteiger partial charge in [0.15, 0.2) is 5.13 Å². The number of carbonyl (C=O) groups is 2. The molecule has 5 nitrogen and oxygen atoms in total. The lowest BCUT2D eigenvalue weighted by molar-refractivity contribution is -0.117. The molecule has 132 valence electrons. The van der Waals surface area contributed by atoms with E-state index in [1.807, 2.05) is 0 Å². The van der Waals surface area contributed by atoms with E-state index in [1.165, 1.54) is 35.6 Å². The third-order valence-corrected chi connectivity index (χ3v) is 5.05. The largest absolute Gasteiger partial charge is 0.326 e. The van der Waals surface area contributed by atoms with E-state index in [0.29, 0.717) is 10.7 Å². The lowest BCUT2D eigenvalue weighted by Crippen LogP contribution is -2.45. The maximum absolute atomic E-state index is 13.1. The molecule has 0 atom stereocenters. The van der Waals surface area contributed by atoms with Crippen LogP contribution in [0, 0.1) is 5.82 Å². The Kier molecular flexibility index (Phi) is 5.75. The van der Waals surface area contributed by atoms with Crippen LogP contribution in [0.15, 0.2) is 35.8 Å².